The second kappa shape index (κ2) is 9.74. The lowest BCUT2D eigenvalue weighted by Gasteiger charge is -2.08. The van der Waals surface area contributed by atoms with Crippen LogP contribution in [0.3, 0.4) is 0 Å². The molecule has 0 fully saturated rings. The van der Waals surface area contributed by atoms with E-state index in [1.54, 1.807) is 0 Å². The van der Waals surface area contributed by atoms with Crippen molar-refractivity contribution in [3.8, 4) is 0 Å². The number of alkyl halides is 1. The summed E-state index contributed by atoms with van der Waals surface area (Å²) in [5.41, 5.74) is 0. The van der Waals surface area contributed by atoms with Crippen LogP contribution in [-0.2, 0) is 9.53 Å². The van der Waals surface area contributed by atoms with E-state index >= 15 is 0 Å². The minimum atomic E-state index is -0.0380. The van der Waals surface area contributed by atoms with Crippen molar-refractivity contribution in [1.82, 2.24) is 0 Å². The molecule has 84 valence electrons. The van der Waals surface area contributed by atoms with Gasteiger partial charge in [0.1, 0.15) is 3.92 Å². The van der Waals surface area contributed by atoms with Gasteiger partial charge in [0.2, 0.25) is 0 Å². The van der Waals surface area contributed by atoms with Crippen molar-refractivity contribution in [1.29, 1.82) is 0 Å². The zero-order valence-electron chi connectivity index (χ0n) is 9.22. The first-order chi connectivity index (χ1) is 6.72. The standard InChI is InChI=1S/C11H21IO2/c1-3-5-6-7-9-14-11(13)10(12)8-4-2/h10H,3-9H2,1-2H3. The molecule has 0 saturated heterocycles. The Morgan fingerprint density at radius 3 is 2.50 bits per heavy atom. The molecule has 0 aromatic heterocycles. The summed E-state index contributed by atoms with van der Waals surface area (Å²) in [7, 11) is 0. The fourth-order valence-corrected chi connectivity index (χ4v) is 1.97. The van der Waals surface area contributed by atoms with E-state index in [0.717, 1.165) is 19.3 Å². The van der Waals surface area contributed by atoms with E-state index in [0.29, 0.717) is 6.61 Å². The van der Waals surface area contributed by atoms with Crippen molar-refractivity contribution in [2.75, 3.05) is 6.61 Å². The van der Waals surface area contributed by atoms with Crippen LogP contribution in [0.1, 0.15) is 52.4 Å². The summed E-state index contributed by atoms with van der Waals surface area (Å²) in [5.74, 6) is -0.0380. The van der Waals surface area contributed by atoms with Crippen LogP contribution in [0.2, 0.25) is 0 Å². The molecule has 0 aliphatic heterocycles. The van der Waals surface area contributed by atoms with Gasteiger partial charge >= 0.3 is 5.97 Å². The van der Waals surface area contributed by atoms with Crippen LogP contribution in [-0.4, -0.2) is 16.5 Å². The third-order valence-corrected chi connectivity index (χ3v) is 3.17. The van der Waals surface area contributed by atoms with Crippen LogP contribution in [0.15, 0.2) is 0 Å². The highest BCUT2D eigenvalue weighted by Crippen LogP contribution is 2.11. The number of carbonyl (C=O) groups excluding carboxylic acids is 1. The molecule has 1 unspecified atom stereocenters. The summed E-state index contributed by atoms with van der Waals surface area (Å²) in [6, 6.07) is 0. The molecule has 0 aromatic carbocycles. The molecule has 3 heteroatoms. The Morgan fingerprint density at radius 2 is 1.93 bits per heavy atom. The van der Waals surface area contributed by atoms with Gasteiger partial charge in [-0.05, 0) is 12.8 Å². The maximum Gasteiger partial charge on any atom is 0.318 e. The molecule has 0 aliphatic carbocycles. The van der Waals surface area contributed by atoms with Gasteiger partial charge in [0.05, 0.1) is 6.61 Å². The van der Waals surface area contributed by atoms with E-state index in [9.17, 15) is 4.79 Å². The van der Waals surface area contributed by atoms with Crippen molar-refractivity contribution < 1.29 is 9.53 Å². The molecule has 0 aliphatic rings. The highest BCUT2D eigenvalue weighted by molar-refractivity contribution is 14.1. The normalized spacial score (nSPS) is 12.5. The Labute approximate surface area is 101 Å². The van der Waals surface area contributed by atoms with E-state index < -0.39 is 0 Å². The van der Waals surface area contributed by atoms with E-state index in [4.69, 9.17) is 4.74 Å². The fraction of sp³-hybridized carbons (Fsp3) is 0.909. The van der Waals surface area contributed by atoms with Crippen molar-refractivity contribution in [3.05, 3.63) is 0 Å². The molecule has 0 amide bonds. The number of carbonyl (C=O) groups is 1. The summed E-state index contributed by atoms with van der Waals surface area (Å²) in [5, 5.41) is 0. The maximum absolute atomic E-state index is 11.3. The topological polar surface area (TPSA) is 26.3 Å². The average Bonchev–Trinajstić information content (AvgIpc) is 2.17. The predicted molar refractivity (Wildman–Crippen MR) is 67.8 cm³/mol. The first-order valence-corrected chi connectivity index (χ1v) is 6.77. The average molecular weight is 312 g/mol. The number of esters is 1. The van der Waals surface area contributed by atoms with Gasteiger partial charge in [-0.25, -0.2) is 0 Å². The van der Waals surface area contributed by atoms with Crippen molar-refractivity contribution >= 4 is 28.6 Å². The number of hydrogen-bond donors (Lipinski definition) is 0. The molecule has 0 heterocycles. The molecular formula is C11H21IO2. The van der Waals surface area contributed by atoms with Gasteiger partial charge in [0.15, 0.2) is 0 Å². The van der Waals surface area contributed by atoms with Crippen molar-refractivity contribution in [3.63, 3.8) is 0 Å². The highest BCUT2D eigenvalue weighted by atomic mass is 127. The molecule has 2 nitrogen and oxygen atoms in total. The SMILES string of the molecule is CCCCCCOC(=O)C(I)CCC. The maximum atomic E-state index is 11.3. The molecule has 0 N–H and O–H groups in total. The molecule has 14 heavy (non-hydrogen) atoms. The van der Waals surface area contributed by atoms with E-state index in [1.807, 2.05) is 0 Å². The van der Waals surface area contributed by atoms with E-state index in [-0.39, 0.29) is 9.89 Å². The summed E-state index contributed by atoms with van der Waals surface area (Å²) < 4.78 is 5.20. The van der Waals surface area contributed by atoms with Crippen molar-refractivity contribution in [2.45, 2.75) is 56.3 Å². The fourth-order valence-electron chi connectivity index (χ4n) is 1.16. The third-order valence-electron chi connectivity index (χ3n) is 2.04. The largest absolute Gasteiger partial charge is 0.465 e. The second-order valence-electron chi connectivity index (χ2n) is 3.48. The Balaban J connectivity index is 3.34. The van der Waals surface area contributed by atoms with Crippen LogP contribution in [0.5, 0.6) is 0 Å². The third kappa shape index (κ3) is 7.59. The second-order valence-corrected chi connectivity index (χ2v) is 4.99. The van der Waals surface area contributed by atoms with Gasteiger partial charge in [-0.2, -0.15) is 0 Å². The summed E-state index contributed by atoms with van der Waals surface area (Å²) in [4.78, 5) is 11.3. The lowest BCUT2D eigenvalue weighted by atomic mass is 10.2. The number of halogens is 1. The number of hydrogen-bond acceptors (Lipinski definition) is 2. The first kappa shape index (κ1) is 14.2. The van der Waals surface area contributed by atoms with Crippen LogP contribution >= 0.6 is 22.6 Å². The Bertz CT molecular complexity index is 148. The van der Waals surface area contributed by atoms with Gasteiger partial charge in [-0.3, -0.25) is 4.79 Å². The van der Waals surface area contributed by atoms with Gasteiger partial charge in [-0.1, -0.05) is 62.1 Å². The number of rotatable bonds is 8. The van der Waals surface area contributed by atoms with Gasteiger partial charge in [0, 0.05) is 0 Å². The molecular weight excluding hydrogens is 291 g/mol. The minimum absolute atomic E-state index is 0.0380. The van der Waals surface area contributed by atoms with Gasteiger partial charge < -0.3 is 4.74 Å². The predicted octanol–water partition coefficient (Wildman–Crippen LogP) is 3.71. The van der Waals surface area contributed by atoms with Crippen LogP contribution < -0.4 is 0 Å². The molecule has 0 saturated carbocycles. The Kier molecular flexibility index (Phi) is 9.88. The van der Waals surface area contributed by atoms with Gasteiger partial charge in [0.25, 0.3) is 0 Å². The molecule has 0 spiro atoms. The van der Waals surface area contributed by atoms with Crippen LogP contribution in [0.4, 0.5) is 0 Å². The zero-order valence-corrected chi connectivity index (χ0v) is 11.4. The molecule has 0 bridgehead atoms. The van der Waals surface area contributed by atoms with Crippen LogP contribution in [0, 0.1) is 0 Å². The lowest BCUT2D eigenvalue weighted by Crippen LogP contribution is -2.17. The number of ether oxygens (including phenoxy) is 1. The first-order valence-electron chi connectivity index (χ1n) is 5.53. The van der Waals surface area contributed by atoms with Gasteiger partial charge in [-0.15, -0.1) is 0 Å². The lowest BCUT2D eigenvalue weighted by molar-refractivity contribution is -0.142. The summed E-state index contributed by atoms with van der Waals surface area (Å²) in [6.45, 7) is 4.86. The smallest absolute Gasteiger partial charge is 0.318 e. The summed E-state index contributed by atoms with van der Waals surface area (Å²) in [6.07, 6.45) is 6.60. The molecule has 0 aromatic rings. The van der Waals surface area contributed by atoms with E-state index in [1.165, 1.54) is 19.3 Å². The Hall–Kier alpha value is 0.200. The van der Waals surface area contributed by atoms with Crippen LogP contribution in [0.25, 0.3) is 0 Å². The zero-order chi connectivity index (χ0) is 10.8. The quantitative estimate of drug-likeness (QED) is 0.295. The van der Waals surface area contributed by atoms with E-state index in [2.05, 4.69) is 36.4 Å². The number of unbranched alkanes of at least 4 members (excludes halogenated alkanes) is 3. The molecule has 0 rings (SSSR count). The highest BCUT2D eigenvalue weighted by Gasteiger charge is 2.14. The minimum Gasteiger partial charge on any atom is -0.465 e. The summed E-state index contributed by atoms with van der Waals surface area (Å²) >= 11 is 2.16. The monoisotopic (exact) mass is 312 g/mol. The molecule has 0 radical (unpaired) electrons. The Morgan fingerprint density at radius 1 is 1.21 bits per heavy atom. The molecule has 1 atom stereocenters. The van der Waals surface area contributed by atoms with Crippen molar-refractivity contribution in [2.24, 2.45) is 0 Å².